The fraction of sp³-hybridized carbons (Fsp3) is 0.400. The summed E-state index contributed by atoms with van der Waals surface area (Å²) in [5.41, 5.74) is -0.656. The summed E-state index contributed by atoms with van der Waals surface area (Å²) < 4.78 is 37.1. The van der Waals surface area contributed by atoms with E-state index >= 15 is 0 Å². The predicted octanol–water partition coefficient (Wildman–Crippen LogP) is 3.04. The van der Waals surface area contributed by atoms with Crippen molar-refractivity contribution in [2.24, 2.45) is 0 Å². The zero-order valence-corrected chi connectivity index (χ0v) is 9.68. The molecule has 0 aliphatic carbocycles. The molecule has 0 atom stereocenters. The molecule has 2 aromatic rings. The summed E-state index contributed by atoms with van der Waals surface area (Å²) in [4.78, 5) is 9.72. The second-order valence-electron chi connectivity index (χ2n) is 2.92. The third-order valence-electron chi connectivity index (χ3n) is 1.97. The van der Waals surface area contributed by atoms with Crippen LogP contribution in [0.2, 0.25) is 0 Å². The van der Waals surface area contributed by atoms with Crippen LogP contribution in [-0.2, 0) is 6.18 Å². The second-order valence-corrected chi connectivity index (χ2v) is 2.92. The quantitative estimate of drug-likeness (QED) is 0.813. The first-order valence-corrected chi connectivity index (χ1v) is 5.11. The number of rotatable bonds is 1. The Morgan fingerprint density at radius 2 is 1.88 bits per heavy atom. The Morgan fingerprint density at radius 3 is 2.41 bits per heavy atom. The normalized spacial score (nSPS) is 10.9. The molecule has 2 heterocycles. The molecule has 0 saturated carbocycles. The number of alkyl halides is 3. The fourth-order valence-corrected chi connectivity index (χ4v) is 1.29. The van der Waals surface area contributed by atoms with Crippen LogP contribution >= 0.6 is 0 Å². The maximum atomic E-state index is 12.4. The molecule has 2 N–H and O–H groups in total. The minimum atomic E-state index is -4.40. The van der Waals surface area contributed by atoms with Crippen LogP contribution < -0.4 is 5.32 Å². The van der Waals surface area contributed by atoms with Crippen molar-refractivity contribution in [1.82, 2.24) is 15.0 Å². The minimum Gasteiger partial charge on any atom is -0.372 e. The molecule has 2 rings (SSSR count). The van der Waals surface area contributed by atoms with Gasteiger partial charge in [-0.1, -0.05) is 13.8 Å². The lowest BCUT2D eigenvalue weighted by Crippen LogP contribution is -2.04. The van der Waals surface area contributed by atoms with Crippen molar-refractivity contribution in [3.05, 3.63) is 18.1 Å². The van der Waals surface area contributed by atoms with Gasteiger partial charge in [0.1, 0.15) is 23.5 Å². The van der Waals surface area contributed by atoms with E-state index in [0.29, 0.717) is 11.2 Å². The number of halogens is 3. The Labute approximate surface area is 96.3 Å². The summed E-state index contributed by atoms with van der Waals surface area (Å²) in [7, 11) is 1.59. The molecule has 0 radical (unpaired) electrons. The van der Waals surface area contributed by atoms with Crippen LogP contribution in [0.25, 0.3) is 11.0 Å². The topological polar surface area (TPSA) is 53.6 Å². The van der Waals surface area contributed by atoms with E-state index in [0.717, 1.165) is 6.07 Å². The zero-order valence-electron chi connectivity index (χ0n) is 9.68. The van der Waals surface area contributed by atoms with E-state index in [-0.39, 0.29) is 5.65 Å². The second kappa shape index (κ2) is 5.03. The average Bonchev–Trinajstić information content (AvgIpc) is 2.74. The molecule has 94 valence electrons. The van der Waals surface area contributed by atoms with E-state index in [9.17, 15) is 13.2 Å². The highest BCUT2D eigenvalue weighted by Gasteiger charge is 2.33. The van der Waals surface area contributed by atoms with Gasteiger partial charge in [0.2, 0.25) is 0 Å². The molecule has 0 spiro atoms. The van der Waals surface area contributed by atoms with Crippen LogP contribution in [0.1, 0.15) is 19.5 Å². The van der Waals surface area contributed by atoms with Crippen LogP contribution in [0.5, 0.6) is 0 Å². The summed E-state index contributed by atoms with van der Waals surface area (Å²) >= 11 is 0. The largest absolute Gasteiger partial charge is 0.431 e. The van der Waals surface area contributed by atoms with Crippen molar-refractivity contribution in [3.8, 4) is 0 Å². The SMILES string of the molecule is CC.CNc1ncnc2[nH]c(C(F)(F)F)cc12. The van der Waals surface area contributed by atoms with Crippen molar-refractivity contribution in [2.75, 3.05) is 12.4 Å². The molecule has 7 heteroatoms. The van der Waals surface area contributed by atoms with Crippen molar-refractivity contribution in [1.29, 1.82) is 0 Å². The Bertz CT molecular complexity index is 490. The molecule has 0 aliphatic rings. The molecule has 0 aliphatic heterocycles. The van der Waals surface area contributed by atoms with E-state index in [1.807, 2.05) is 13.8 Å². The molecule has 0 bridgehead atoms. The van der Waals surface area contributed by atoms with Crippen LogP contribution in [0.4, 0.5) is 19.0 Å². The van der Waals surface area contributed by atoms with Gasteiger partial charge in [0.25, 0.3) is 0 Å². The number of H-pyrrole nitrogens is 1. The van der Waals surface area contributed by atoms with Gasteiger partial charge in [0.15, 0.2) is 0 Å². The van der Waals surface area contributed by atoms with Crippen molar-refractivity contribution < 1.29 is 13.2 Å². The van der Waals surface area contributed by atoms with Crippen molar-refractivity contribution in [2.45, 2.75) is 20.0 Å². The third-order valence-corrected chi connectivity index (χ3v) is 1.97. The molecule has 0 fully saturated rings. The summed E-state index contributed by atoms with van der Waals surface area (Å²) in [5.74, 6) is 0.367. The Morgan fingerprint density at radius 1 is 1.24 bits per heavy atom. The number of aromatic amines is 1. The summed E-state index contributed by atoms with van der Waals surface area (Å²) in [6.07, 6.45) is -3.20. The van der Waals surface area contributed by atoms with Gasteiger partial charge in [0.05, 0.1) is 5.39 Å². The monoisotopic (exact) mass is 246 g/mol. The smallest absolute Gasteiger partial charge is 0.372 e. The first-order chi connectivity index (χ1) is 8.02. The summed E-state index contributed by atoms with van der Waals surface area (Å²) in [6, 6.07) is 0.987. The zero-order chi connectivity index (χ0) is 13.1. The molecule has 0 unspecified atom stereocenters. The highest BCUT2D eigenvalue weighted by Crippen LogP contribution is 2.31. The first kappa shape index (κ1) is 13.3. The number of nitrogens with zero attached hydrogens (tertiary/aromatic N) is 2. The number of nitrogens with one attached hydrogen (secondary N) is 2. The molecule has 0 saturated heterocycles. The van der Waals surface area contributed by atoms with Gasteiger partial charge in [0, 0.05) is 7.05 Å². The van der Waals surface area contributed by atoms with Crippen LogP contribution in [0, 0.1) is 0 Å². The standard InChI is InChI=1S/C8H7F3N4.C2H6/c1-12-6-4-2-5(8(9,10)11)15-7(4)14-3-13-6;1-2/h2-3H,1H3,(H2,12,13,14,15);1-2H3. The van der Waals surface area contributed by atoms with E-state index in [4.69, 9.17) is 0 Å². The number of hydrogen-bond donors (Lipinski definition) is 2. The average molecular weight is 246 g/mol. The first-order valence-electron chi connectivity index (χ1n) is 5.11. The van der Waals surface area contributed by atoms with Gasteiger partial charge in [-0.2, -0.15) is 13.2 Å². The maximum Gasteiger partial charge on any atom is 0.431 e. The lowest BCUT2D eigenvalue weighted by Gasteiger charge is -2.00. The van der Waals surface area contributed by atoms with E-state index in [2.05, 4.69) is 20.3 Å². The number of anilines is 1. The minimum absolute atomic E-state index is 0.168. The molecule has 2 aromatic heterocycles. The van der Waals surface area contributed by atoms with Crippen LogP contribution in [0.3, 0.4) is 0 Å². The Hall–Kier alpha value is -1.79. The van der Waals surface area contributed by atoms with Gasteiger partial charge in [-0.3, -0.25) is 0 Å². The predicted molar refractivity (Wildman–Crippen MR) is 59.8 cm³/mol. The number of fused-ring (bicyclic) bond motifs is 1. The molecule has 0 aromatic carbocycles. The molecule has 4 nitrogen and oxygen atoms in total. The van der Waals surface area contributed by atoms with Gasteiger partial charge < -0.3 is 10.3 Å². The number of aromatic nitrogens is 3. The van der Waals surface area contributed by atoms with Gasteiger partial charge in [-0.25, -0.2) is 9.97 Å². The van der Waals surface area contributed by atoms with E-state index < -0.39 is 11.9 Å². The van der Waals surface area contributed by atoms with Crippen molar-refractivity contribution in [3.63, 3.8) is 0 Å². The Kier molecular flexibility index (Phi) is 3.93. The van der Waals surface area contributed by atoms with Crippen LogP contribution in [0.15, 0.2) is 12.4 Å². The highest BCUT2D eigenvalue weighted by atomic mass is 19.4. The van der Waals surface area contributed by atoms with Crippen LogP contribution in [-0.4, -0.2) is 22.0 Å². The molecular weight excluding hydrogens is 233 g/mol. The number of hydrogen-bond acceptors (Lipinski definition) is 3. The van der Waals surface area contributed by atoms with E-state index in [1.54, 1.807) is 7.05 Å². The lowest BCUT2D eigenvalue weighted by molar-refractivity contribution is -0.140. The maximum absolute atomic E-state index is 12.4. The van der Waals surface area contributed by atoms with Crippen molar-refractivity contribution >= 4 is 16.9 Å². The summed E-state index contributed by atoms with van der Waals surface area (Å²) in [6.45, 7) is 4.00. The van der Waals surface area contributed by atoms with Gasteiger partial charge in [-0.15, -0.1) is 0 Å². The van der Waals surface area contributed by atoms with E-state index in [1.165, 1.54) is 6.33 Å². The molecule has 17 heavy (non-hydrogen) atoms. The lowest BCUT2D eigenvalue weighted by atomic mass is 10.3. The molecular formula is C10H13F3N4. The third kappa shape index (κ3) is 2.66. The summed E-state index contributed by atoms with van der Waals surface area (Å²) in [5, 5.41) is 3.02. The van der Waals surface area contributed by atoms with Gasteiger partial charge in [-0.05, 0) is 6.07 Å². The van der Waals surface area contributed by atoms with Gasteiger partial charge >= 0.3 is 6.18 Å². The molecule has 0 amide bonds. The fourth-order valence-electron chi connectivity index (χ4n) is 1.29. The highest BCUT2D eigenvalue weighted by molar-refractivity contribution is 5.87. The Balaban J connectivity index is 0.000000686.